The molecule has 0 saturated carbocycles. The van der Waals surface area contributed by atoms with Crippen LogP contribution in [0, 0.1) is 6.92 Å². The van der Waals surface area contributed by atoms with Gasteiger partial charge in [0.15, 0.2) is 0 Å². The molecule has 0 aromatic carbocycles. The number of pyridine rings is 1. The van der Waals surface area contributed by atoms with E-state index >= 15 is 0 Å². The molecule has 0 spiro atoms. The number of aromatic amines is 1. The third-order valence-electron chi connectivity index (χ3n) is 4.40. The second-order valence-corrected chi connectivity index (χ2v) is 9.67. The van der Waals surface area contributed by atoms with Gasteiger partial charge in [0, 0.05) is 0 Å². The second-order valence-electron chi connectivity index (χ2n) is 7.69. The monoisotopic (exact) mass is 525 g/mol. The molecule has 0 bridgehead atoms. The van der Waals surface area contributed by atoms with Gasteiger partial charge in [-0.2, -0.15) is 0 Å². The van der Waals surface area contributed by atoms with Crippen LogP contribution in [0.15, 0.2) is 69.7 Å². The first-order valence-corrected chi connectivity index (χ1v) is 13.1. The summed E-state index contributed by atoms with van der Waals surface area (Å²) >= 11 is 2.91. The molecule has 36 heavy (non-hydrogen) atoms. The Labute approximate surface area is 220 Å². The first kappa shape index (κ1) is 29.4. The Morgan fingerprint density at radius 2 is 2.14 bits per heavy atom. The molecule has 3 N–H and O–H groups in total. The number of hydrogen-bond donors (Lipinski definition) is 3. The van der Waals surface area contributed by atoms with Crippen molar-refractivity contribution in [2.24, 2.45) is 4.99 Å². The van der Waals surface area contributed by atoms with Crippen molar-refractivity contribution in [1.29, 1.82) is 0 Å². The number of aliphatic hydroxyl groups is 2. The van der Waals surface area contributed by atoms with Crippen LogP contribution in [0.2, 0.25) is 0 Å². The van der Waals surface area contributed by atoms with E-state index in [0.717, 1.165) is 16.2 Å². The summed E-state index contributed by atoms with van der Waals surface area (Å²) in [5.41, 5.74) is 2.34. The van der Waals surface area contributed by atoms with E-state index < -0.39 is 6.10 Å². The molecule has 3 rings (SSSR count). The zero-order valence-corrected chi connectivity index (χ0v) is 22.9. The van der Waals surface area contributed by atoms with E-state index in [0.29, 0.717) is 33.4 Å². The molecule has 0 amide bonds. The Morgan fingerprint density at radius 1 is 1.39 bits per heavy atom. The number of nitrogens with zero attached hydrogens (tertiary/aromatic N) is 4. The third kappa shape index (κ3) is 8.98. The van der Waals surface area contributed by atoms with Gasteiger partial charge < -0.3 is 0 Å². The third-order valence-corrected chi connectivity index (χ3v) is 6.41. The van der Waals surface area contributed by atoms with Gasteiger partial charge >= 0.3 is 195 Å². The molecule has 190 valence electrons. The first-order chi connectivity index (χ1) is 17.3. The van der Waals surface area contributed by atoms with Crippen molar-refractivity contribution in [2.75, 3.05) is 6.61 Å². The van der Waals surface area contributed by atoms with Crippen LogP contribution in [-0.4, -0.2) is 43.2 Å². The van der Waals surface area contributed by atoms with Crippen LogP contribution >= 0.6 is 22.9 Å². The standard InChI is InChI=1S/C22H26BN5O3S2.C3H6/c1-5-6-7-19(13(2)3)32-15-10-18(31-17-8-9-25-28-14(17)4)21(24-11-15)27-22-26-20(23-33-22)16(30)12-29;1-3-2/h6-11,16,29-30H,5,12H2,1-4H3,(H,24,26,27);3H,1H2,2H3/b7-6-;. The molecule has 3 heterocycles. The zero-order chi connectivity index (χ0) is 26.5. The van der Waals surface area contributed by atoms with Crippen molar-refractivity contribution in [3.63, 3.8) is 0 Å². The van der Waals surface area contributed by atoms with Crippen molar-refractivity contribution in [2.45, 2.75) is 52.0 Å². The summed E-state index contributed by atoms with van der Waals surface area (Å²) in [7, 11) is 0. The van der Waals surface area contributed by atoms with Gasteiger partial charge in [0.1, 0.15) is 0 Å². The number of thioether (sulfide) groups is 1. The van der Waals surface area contributed by atoms with E-state index in [1.807, 2.05) is 19.9 Å². The minimum absolute atomic E-state index is 0.376. The maximum atomic E-state index is 9.83. The fourth-order valence-electron chi connectivity index (χ4n) is 2.62. The van der Waals surface area contributed by atoms with Crippen molar-refractivity contribution < 1.29 is 14.9 Å². The Morgan fingerprint density at radius 3 is 2.78 bits per heavy atom. The van der Waals surface area contributed by atoms with E-state index in [2.05, 4.69) is 64.7 Å². The van der Waals surface area contributed by atoms with Crippen LogP contribution in [-0.2, 0) is 0 Å². The van der Waals surface area contributed by atoms with Crippen LogP contribution in [0.3, 0.4) is 0 Å². The molecule has 8 nitrogen and oxygen atoms in total. The van der Waals surface area contributed by atoms with Crippen LogP contribution in [0.1, 0.15) is 51.5 Å². The number of rotatable bonds is 9. The van der Waals surface area contributed by atoms with Gasteiger partial charge in [-0.05, 0) is 6.92 Å². The van der Waals surface area contributed by atoms with Crippen LogP contribution in [0.25, 0.3) is 0 Å². The Hall–Kier alpha value is -2.86. The minimum atomic E-state index is -0.989. The molecule has 1 unspecified atom stereocenters. The molecule has 0 aliphatic rings. The van der Waals surface area contributed by atoms with Crippen LogP contribution in [0.5, 0.6) is 11.5 Å². The Kier molecular flexibility index (Phi) is 12.5. The molecular formula is C25H32BN5O3S2. The molecule has 11 heteroatoms. The SMILES string of the molecule is C=CC.CC/C=C\C(Sc1cnc(/N=c2/[nH]c(C(O)CO)bs2)c(Oc2ccnnc2C)c1)=C(C)C. The number of aromatic nitrogens is 4. The van der Waals surface area contributed by atoms with Gasteiger partial charge in [0.2, 0.25) is 0 Å². The summed E-state index contributed by atoms with van der Waals surface area (Å²) in [6.07, 6.45) is 11.0. The summed E-state index contributed by atoms with van der Waals surface area (Å²) in [6, 6.07) is 3.64. The number of ether oxygens (including phenoxy) is 1. The predicted molar refractivity (Wildman–Crippen MR) is 148 cm³/mol. The van der Waals surface area contributed by atoms with Gasteiger partial charge in [0.05, 0.1) is 0 Å². The molecule has 0 aliphatic carbocycles. The van der Waals surface area contributed by atoms with Gasteiger partial charge in [-0.25, -0.2) is 0 Å². The molecule has 0 fully saturated rings. The molecule has 1 atom stereocenters. The summed E-state index contributed by atoms with van der Waals surface area (Å²) in [4.78, 5) is 14.7. The zero-order valence-electron chi connectivity index (χ0n) is 21.2. The molecular weight excluding hydrogens is 493 g/mol. The predicted octanol–water partition coefficient (Wildman–Crippen LogP) is 5.50. The van der Waals surface area contributed by atoms with E-state index in [9.17, 15) is 5.11 Å². The van der Waals surface area contributed by atoms with Crippen molar-refractivity contribution in [1.82, 2.24) is 20.2 Å². The summed E-state index contributed by atoms with van der Waals surface area (Å²) in [5, 5.41) is 26.9. The van der Waals surface area contributed by atoms with Crippen LogP contribution in [0.4, 0.5) is 5.82 Å². The Bertz CT molecular complexity index is 1270. The number of H-pyrrole nitrogens is 1. The average molecular weight is 526 g/mol. The molecule has 0 saturated heterocycles. The fraction of sp³-hybridized carbons (Fsp3) is 0.320. The van der Waals surface area contributed by atoms with Gasteiger partial charge in [-0.15, -0.1) is 6.58 Å². The van der Waals surface area contributed by atoms with Gasteiger partial charge in [-0.1, -0.05) is 13.0 Å². The molecule has 0 aliphatic heterocycles. The molecule has 3 aromatic rings. The number of nitrogens with one attached hydrogen (secondary N) is 1. The first-order valence-electron chi connectivity index (χ1n) is 11.4. The number of allylic oxidation sites excluding steroid dienone is 4. The van der Waals surface area contributed by atoms with Crippen molar-refractivity contribution >= 4 is 34.9 Å². The van der Waals surface area contributed by atoms with E-state index in [-0.39, 0.29) is 6.61 Å². The second kappa shape index (κ2) is 15.3. The summed E-state index contributed by atoms with van der Waals surface area (Å²) in [6.45, 7) is 12.9. The topological polar surface area (TPSA) is 117 Å². The summed E-state index contributed by atoms with van der Waals surface area (Å²) in [5.74, 6) is 1.40. The normalized spacial score (nSPS) is 12.0. The maximum absolute atomic E-state index is 9.83. The number of aryl methyl sites for hydroxylation is 1. The number of aliphatic hydroxyl groups excluding tert-OH is 2. The fourth-order valence-corrected chi connectivity index (χ4v) is 4.28. The van der Waals surface area contributed by atoms with Gasteiger partial charge in [-0.3, -0.25) is 0 Å². The summed E-state index contributed by atoms with van der Waals surface area (Å²) < 4.78 is 6.15. The van der Waals surface area contributed by atoms with E-state index in [1.54, 1.807) is 42.5 Å². The van der Waals surface area contributed by atoms with Crippen molar-refractivity contribution in [3.05, 3.63) is 75.9 Å². The quantitative estimate of drug-likeness (QED) is 0.192. The van der Waals surface area contributed by atoms with E-state index in [4.69, 9.17) is 9.84 Å². The Balaban J connectivity index is 0.00000145. The number of hydrogen-bond acceptors (Lipinski definition) is 9. The van der Waals surface area contributed by atoms with E-state index in [1.165, 1.54) is 16.8 Å². The van der Waals surface area contributed by atoms with Gasteiger partial charge in [0.25, 0.3) is 0 Å². The average Bonchev–Trinajstić information content (AvgIpc) is 3.33. The van der Waals surface area contributed by atoms with Crippen LogP contribution < -0.4 is 9.54 Å². The van der Waals surface area contributed by atoms with Crippen molar-refractivity contribution in [3.8, 4) is 11.5 Å². The molecule has 0 radical (unpaired) electrons. The molecule has 3 aromatic heterocycles.